The van der Waals surface area contributed by atoms with Gasteiger partial charge in [-0.1, -0.05) is 67.6 Å². The Bertz CT molecular complexity index is 1210. The molecule has 6 rings (SSSR count). The maximum Gasteiger partial charge on any atom is 0.410 e. The van der Waals surface area contributed by atoms with Crippen LogP contribution in [0.5, 0.6) is 5.75 Å². The van der Waals surface area contributed by atoms with Gasteiger partial charge < -0.3 is 19.5 Å². The van der Waals surface area contributed by atoms with Gasteiger partial charge in [-0.2, -0.15) is 0 Å². The molecule has 0 saturated carbocycles. The van der Waals surface area contributed by atoms with Crippen molar-refractivity contribution in [1.29, 1.82) is 0 Å². The average molecular weight is 484 g/mol. The van der Waals surface area contributed by atoms with Crippen molar-refractivity contribution in [2.24, 2.45) is 0 Å². The first kappa shape index (κ1) is 23.1. The average Bonchev–Trinajstić information content (AvgIpc) is 3.38. The molecule has 0 spiro atoms. The predicted molar refractivity (Wildman–Crippen MR) is 139 cm³/mol. The van der Waals surface area contributed by atoms with Gasteiger partial charge in [0.1, 0.15) is 12.4 Å². The Kier molecular flexibility index (Phi) is 5.96. The number of nitrogens with zero attached hydrogens (tertiary/aromatic N) is 1. The molecule has 2 atom stereocenters. The van der Waals surface area contributed by atoms with Gasteiger partial charge in [-0.3, -0.25) is 0 Å². The largest absolute Gasteiger partial charge is 0.494 e. The van der Waals surface area contributed by atoms with E-state index in [4.69, 9.17) is 9.47 Å². The molecule has 0 aromatic heterocycles. The van der Waals surface area contributed by atoms with E-state index in [-0.39, 0.29) is 24.1 Å². The zero-order chi connectivity index (χ0) is 24.7. The number of hydrogen-bond acceptors (Lipinski definition) is 4. The molecule has 2 bridgehead atoms. The molecule has 5 nitrogen and oxygen atoms in total. The van der Waals surface area contributed by atoms with Crippen LogP contribution < -0.4 is 4.74 Å². The van der Waals surface area contributed by atoms with E-state index in [9.17, 15) is 9.90 Å². The van der Waals surface area contributed by atoms with Crippen molar-refractivity contribution >= 4 is 6.09 Å². The standard InChI is InChI=1S/C31H33NO4/c1-2-16-35-24-9-7-8-21(17-24)31(34)18-22-14-15-23(19-31)32(22)30(33)36-20-29-27-12-5-3-10-25(27)26-11-4-6-13-28(26)29/h3-13,17,22-23,29,34H,2,14-16,18-20H2,1H3. The summed E-state index contributed by atoms with van der Waals surface area (Å²) in [6, 6.07) is 24.5. The molecule has 2 unspecified atom stereocenters. The normalized spacial score (nSPS) is 24.3. The zero-order valence-corrected chi connectivity index (χ0v) is 20.7. The fourth-order valence-corrected chi connectivity index (χ4v) is 6.52. The Morgan fingerprint density at radius 3 is 2.22 bits per heavy atom. The number of carbonyl (C=O) groups excluding carboxylic acids is 1. The second-order valence-electron chi connectivity index (χ2n) is 10.4. The lowest BCUT2D eigenvalue weighted by Gasteiger charge is -2.43. The lowest BCUT2D eigenvalue weighted by Crippen LogP contribution is -2.52. The maximum absolute atomic E-state index is 13.4. The first-order valence-electron chi connectivity index (χ1n) is 13.2. The van der Waals surface area contributed by atoms with Gasteiger partial charge in [-0.25, -0.2) is 4.79 Å². The van der Waals surface area contributed by atoms with Crippen LogP contribution in [0.25, 0.3) is 11.1 Å². The van der Waals surface area contributed by atoms with Crippen molar-refractivity contribution < 1.29 is 19.4 Å². The Hall–Kier alpha value is -3.31. The molecule has 1 aliphatic carbocycles. The summed E-state index contributed by atoms with van der Waals surface area (Å²) in [5.74, 6) is 0.834. The smallest absolute Gasteiger partial charge is 0.410 e. The topological polar surface area (TPSA) is 59.0 Å². The van der Waals surface area contributed by atoms with Crippen LogP contribution in [0.3, 0.4) is 0 Å². The predicted octanol–water partition coefficient (Wildman–Crippen LogP) is 6.24. The fourth-order valence-electron chi connectivity index (χ4n) is 6.52. The second kappa shape index (κ2) is 9.29. The van der Waals surface area contributed by atoms with E-state index in [1.807, 2.05) is 41.3 Å². The summed E-state index contributed by atoms with van der Waals surface area (Å²) in [5, 5.41) is 11.7. The van der Waals surface area contributed by atoms with Crippen LogP contribution in [0.4, 0.5) is 4.79 Å². The molecule has 2 aliphatic heterocycles. The Balaban J connectivity index is 1.16. The summed E-state index contributed by atoms with van der Waals surface area (Å²) >= 11 is 0. The monoisotopic (exact) mass is 483 g/mol. The van der Waals surface area contributed by atoms with Crippen LogP contribution in [0.1, 0.15) is 61.6 Å². The molecule has 1 N–H and O–H groups in total. The van der Waals surface area contributed by atoms with Gasteiger partial charge in [-0.15, -0.1) is 0 Å². The lowest BCUT2D eigenvalue weighted by atomic mass is 9.80. The minimum absolute atomic E-state index is 0.0235. The van der Waals surface area contributed by atoms with Crippen molar-refractivity contribution in [3.05, 3.63) is 89.5 Å². The summed E-state index contributed by atoms with van der Waals surface area (Å²) < 4.78 is 11.8. The molecule has 1 amide bonds. The Morgan fingerprint density at radius 1 is 0.944 bits per heavy atom. The highest BCUT2D eigenvalue weighted by molar-refractivity contribution is 5.79. The third kappa shape index (κ3) is 3.96. The number of aliphatic hydroxyl groups is 1. The quantitative estimate of drug-likeness (QED) is 0.451. The number of rotatable bonds is 6. The lowest BCUT2D eigenvalue weighted by molar-refractivity contribution is -0.0532. The van der Waals surface area contributed by atoms with E-state index < -0.39 is 5.60 Å². The van der Waals surface area contributed by atoms with Gasteiger partial charge >= 0.3 is 6.09 Å². The molecule has 2 saturated heterocycles. The van der Waals surface area contributed by atoms with E-state index in [0.717, 1.165) is 30.6 Å². The van der Waals surface area contributed by atoms with Crippen LogP contribution in [0.15, 0.2) is 72.8 Å². The maximum atomic E-state index is 13.4. The SMILES string of the molecule is CCCOc1cccc(C2(O)CC3CCC(C2)N3C(=O)OCC2c3ccccc3-c3ccccc32)c1. The minimum Gasteiger partial charge on any atom is -0.494 e. The summed E-state index contributed by atoms with van der Waals surface area (Å²) in [6.45, 7) is 3.06. The van der Waals surface area contributed by atoms with Crippen molar-refractivity contribution in [3.63, 3.8) is 0 Å². The molecule has 0 radical (unpaired) electrons. The van der Waals surface area contributed by atoms with E-state index in [0.29, 0.717) is 26.1 Å². The van der Waals surface area contributed by atoms with Crippen LogP contribution in [0, 0.1) is 0 Å². The molecule has 2 heterocycles. The molecule has 3 aromatic rings. The van der Waals surface area contributed by atoms with Gasteiger partial charge in [-0.05, 0) is 59.2 Å². The van der Waals surface area contributed by atoms with Crippen molar-refractivity contribution in [1.82, 2.24) is 4.90 Å². The first-order chi connectivity index (χ1) is 17.6. The summed E-state index contributed by atoms with van der Waals surface area (Å²) in [7, 11) is 0. The Labute approximate surface area is 212 Å². The first-order valence-corrected chi connectivity index (χ1v) is 13.2. The molecular formula is C31H33NO4. The minimum atomic E-state index is -0.961. The van der Waals surface area contributed by atoms with Crippen LogP contribution in [-0.4, -0.2) is 41.4 Å². The van der Waals surface area contributed by atoms with Gasteiger partial charge in [0.25, 0.3) is 0 Å². The summed E-state index contributed by atoms with van der Waals surface area (Å²) in [4.78, 5) is 15.3. The third-order valence-corrected chi connectivity index (χ3v) is 8.16. The van der Waals surface area contributed by atoms with Gasteiger partial charge in [0.2, 0.25) is 0 Å². The van der Waals surface area contributed by atoms with E-state index >= 15 is 0 Å². The molecule has 5 heteroatoms. The molecule has 36 heavy (non-hydrogen) atoms. The number of amides is 1. The highest BCUT2D eigenvalue weighted by atomic mass is 16.6. The summed E-state index contributed by atoms with van der Waals surface area (Å²) in [6.07, 6.45) is 3.50. The summed E-state index contributed by atoms with van der Waals surface area (Å²) in [5.41, 5.74) is 4.79. The van der Waals surface area contributed by atoms with E-state index in [1.165, 1.54) is 22.3 Å². The highest BCUT2D eigenvalue weighted by Gasteiger charge is 2.50. The number of fused-ring (bicyclic) bond motifs is 5. The van der Waals surface area contributed by atoms with Crippen molar-refractivity contribution in [2.45, 2.75) is 62.6 Å². The van der Waals surface area contributed by atoms with Crippen molar-refractivity contribution in [2.75, 3.05) is 13.2 Å². The highest BCUT2D eigenvalue weighted by Crippen LogP contribution is 2.47. The van der Waals surface area contributed by atoms with Crippen LogP contribution in [0.2, 0.25) is 0 Å². The van der Waals surface area contributed by atoms with Gasteiger partial charge in [0, 0.05) is 30.8 Å². The molecule has 186 valence electrons. The molecular weight excluding hydrogens is 450 g/mol. The number of carbonyl (C=O) groups is 1. The number of ether oxygens (including phenoxy) is 2. The second-order valence-corrected chi connectivity index (χ2v) is 10.4. The van der Waals surface area contributed by atoms with E-state index in [2.05, 4.69) is 43.3 Å². The third-order valence-electron chi connectivity index (χ3n) is 8.16. The van der Waals surface area contributed by atoms with Crippen LogP contribution in [-0.2, 0) is 10.3 Å². The number of hydrogen-bond donors (Lipinski definition) is 1. The fraction of sp³-hybridized carbons (Fsp3) is 0.387. The van der Waals surface area contributed by atoms with Gasteiger partial charge in [0.15, 0.2) is 0 Å². The van der Waals surface area contributed by atoms with Gasteiger partial charge in [0.05, 0.1) is 12.2 Å². The molecule has 3 aromatic carbocycles. The van der Waals surface area contributed by atoms with Crippen molar-refractivity contribution in [3.8, 4) is 16.9 Å². The number of benzene rings is 3. The Morgan fingerprint density at radius 2 is 1.58 bits per heavy atom. The zero-order valence-electron chi connectivity index (χ0n) is 20.7. The molecule has 3 aliphatic rings. The molecule has 2 fully saturated rings. The van der Waals surface area contributed by atoms with E-state index in [1.54, 1.807) is 0 Å². The van der Waals surface area contributed by atoms with Crippen LogP contribution >= 0.6 is 0 Å². The number of piperidine rings is 1.